The lowest BCUT2D eigenvalue weighted by Crippen LogP contribution is -2.41. The lowest BCUT2D eigenvalue weighted by molar-refractivity contribution is -0.150. The molecular weight excluding hydrogens is 668 g/mol. The predicted octanol–water partition coefficient (Wildman–Crippen LogP) is 6.99. The summed E-state index contributed by atoms with van der Waals surface area (Å²) >= 11 is 0. The summed E-state index contributed by atoms with van der Waals surface area (Å²) in [6.45, 7) is 31.5. The summed E-state index contributed by atoms with van der Waals surface area (Å²) in [5.74, 6) is -1.60. The van der Waals surface area contributed by atoms with Gasteiger partial charge >= 0.3 is 5.97 Å². The van der Waals surface area contributed by atoms with Crippen LogP contribution < -0.4 is 0 Å². The molecule has 0 aromatic carbocycles. The van der Waals surface area contributed by atoms with Gasteiger partial charge in [-0.2, -0.15) is 0 Å². The zero-order valence-corrected chi connectivity index (χ0v) is 36.8. The smallest absolute Gasteiger partial charge is 0.311 e. The van der Waals surface area contributed by atoms with Crippen LogP contribution in [0.25, 0.3) is 0 Å². The molecule has 5 N–H and O–H groups in total. The normalized spacial score (nSPS) is 24.9. The Morgan fingerprint density at radius 3 is 1.69 bits per heavy atom. The number of esters is 1. The fraction of sp³-hybridized carbons (Fsp3) is 0.902. The Morgan fingerprint density at radius 2 is 1.35 bits per heavy atom. The molecule has 316 valence electrons. The first-order valence-electron chi connectivity index (χ1n) is 19.6. The molecule has 0 aliphatic carbocycles. The van der Waals surface area contributed by atoms with Gasteiger partial charge in [0.25, 0.3) is 0 Å². The maximum absolute atomic E-state index is 12.7. The predicted molar refractivity (Wildman–Crippen MR) is 213 cm³/mol. The number of methoxy groups -OCH3 is 2. The van der Waals surface area contributed by atoms with Crippen LogP contribution in [0.3, 0.4) is 0 Å². The SMILES string of the molecule is CC.CC.CC.CC1CCOC(C)[C@@H]1O.CO.COC(=O)C(C)[C@@H](O)[C@H](C)C[C@@](C)(C[C@@H](C)C(=O)C(C)[C@@H](O)C(C)C)OC.C[C@@H]1C=CCC(O)O1. The van der Waals surface area contributed by atoms with Crippen LogP contribution in [0.15, 0.2) is 12.2 Å². The molecule has 52 heavy (non-hydrogen) atoms. The Labute approximate surface area is 319 Å². The van der Waals surface area contributed by atoms with Crippen molar-refractivity contribution in [2.75, 3.05) is 27.9 Å². The van der Waals surface area contributed by atoms with E-state index in [0.717, 1.165) is 20.1 Å². The molecule has 2 aliphatic rings. The van der Waals surface area contributed by atoms with Gasteiger partial charge < -0.3 is 44.5 Å². The molecule has 2 rings (SSSR count). The zero-order chi connectivity index (χ0) is 42.4. The minimum Gasteiger partial charge on any atom is -0.469 e. The van der Waals surface area contributed by atoms with Crippen molar-refractivity contribution in [2.24, 2.45) is 35.5 Å². The van der Waals surface area contributed by atoms with E-state index < -0.39 is 41.9 Å². The molecule has 0 saturated carbocycles. The van der Waals surface area contributed by atoms with Crippen molar-refractivity contribution in [1.82, 2.24) is 0 Å². The summed E-state index contributed by atoms with van der Waals surface area (Å²) in [5.41, 5.74) is -0.631. The van der Waals surface area contributed by atoms with Crippen LogP contribution in [0.1, 0.15) is 136 Å². The lowest BCUT2D eigenvalue weighted by atomic mass is 9.77. The van der Waals surface area contributed by atoms with E-state index in [-0.39, 0.29) is 41.8 Å². The van der Waals surface area contributed by atoms with Crippen LogP contribution in [-0.2, 0) is 28.5 Å². The van der Waals surface area contributed by atoms with Crippen LogP contribution in [0.2, 0.25) is 0 Å². The molecule has 1 saturated heterocycles. The van der Waals surface area contributed by atoms with Crippen LogP contribution in [-0.4, -0.2) is 108 Å². The highest BCUT2D eigenvalue weighted by atomic mass is 16.6. The first-order valence-corrected chi connectivity index (χ1v) is 19.6. The summed E-state index contributed by atoms with van der Waals surface area (Å²) in [5, 5.41) is 45.8. The Balaban J connectivity index is -0.000000237. The van der Waals surface area contributed by atoms with Crippen LogP contribution in [0, 0.1) is 35.5 Å². The number of rotatable bonds is 12. The number of aliphatic hydroxyl groups is 5. The van der Waals surface area contributed by atoms with Crippen LogP contribution in [0.4, 0.5) is 0 Å². The molecule has 0 bridgehead atoms. The molecule has 0 spiro atoms. The number of ketones is 1. The quantitative estimate of drug-likeness (QED) is 0.103. The molecule has 12 atom stereocenters. The molecule has 1 fully saturated rings. The molecule has 0 aromatic rings. The monoisotopic (exact) mass is 755 g/mol. The third-order valence-corrected chi connectivity index (χ3v) is 8.92. The second-order valence-corrected chi connectivity index (χ2v) is 13.5. The molecule has 0 radical (unpaired) electrons. The minimum absolute atomic E-state index is 0.00982. The molecule has 0 aromatic heterocycles. The van der Waals surface area contributed by atoms with Gasteiger partial charge in [-0.1, -0.05) is 95.2 Å². The minimum atomic E-state index is -0.861. The number of Topliss-reactive ketones (excluding diaryl/α,β-unsaturated/α-hetero) is 1. The first-order chi connectivity index (χ1) is 24.3. The van der Waals surface area contributed by atoms with E-state index in [1.54, 1.807) is 21.0 Å². The fourth-order valence-electron chi connectivity index (χ4n) is 5.72. The van der Waals surface area contributed by atoms with Gasteiger partial charge in [0.05, 0.1) is 49.1 Å². The molecular formula is C41H86O11. The van der Waals surface area contributed by atoms with Crippen molar-refractivity contribution in [3.8, 4) is 0 Å². The zero-order valence-electron chi connectivity index (χ0n) is 36.8. The number of carbonyl (C=O) groups is 2. The number of aliphatic hydroxyl groups excluding tert-OH is 5. The highest BCUT2D eigenvalue weighted by molar-refractivity contribution is 5.83. The summed E-state index contributed by atoms with van der Waals surface area (Å²) in [6.07, 6.45) is 4.21. The third kappa shape index (κ3) is 25.6. The first kappa shape index (κ1) is 59.8. The topological polar surface area (TPSA) is 172 Å². The summed E-state index contributed by atoms with van der Waals surface area (Å²) in [4.78, 5) is 24.4. The highest BCUT2D eigenvalue weighted by Crippen LogP contribution is 2.33. The second-order valence-electron chi connectivity index (χ2n) is 13.5. The number of carbonyl (C=O) groups excluding carboxylic acids is 2. The average Bonchev–Trinajstić information content (AvgIpc) is 3.15. The lowest BCUT2D eigenvalue weighted by Gasteiger charge is -2.36. The molecule has 5 unspecified atom stereocenters. The maximum Gasteiger partial charge on any atom is 0.311 e. The van der Waals surface area contributed by atoms with Crippen molar-refractivity contribution in [3.05, 3.63) is 12.2 Å². The maximum atomic E-state index is 12.7. The van der Waals surface area contributed by atoms with E-state index >= 15 is 0 Å². The van der Waals surface area contributed by atoms with Crippen molar-refractivity contribution in [1.29, 1.82) is 0 Å². The van der Waals surface area contributed by atoms with Crippen molar-refractivity contribution in [3.63, 3.8) is 0 Å². The Hall–Kier alpha value is -1.44. The van der Waals surface area contributed by atoms with E-state index in [2.05, 4.69) is 6.92 Å². The Morgan fingerprint density at radius 1 is 0.846 bits per heavy atom. The third-order valence-electron chi connectivity index (χ3n) is 8.92. The largest absolute Gasteiger partial charge is 0.469 e. The molecule has 11 nitrogen and oxygen atoms in total. The van der Waals surface area contributed by atoms with Gasteiger partial charge in [-0.3, -0.25) is 9.59 Å². The Bertz CT molecular complexity index is 843. The van der Waals surface area contributed by atoms with Gasteiger partial charge in [0.15, 0.2) is 6.29 Å². The van der Waals surface area contributed by atoms with Gasteiger partial charge in [0.1, 0.15) is 5.78 Å². The van der Waals surface area contributed by atoms with Crippen molar-refractivity contribution in [2.45, 2.75) is 179 Å². The summed E-state index contributed by atoms with van der Waals surface area (Å²) in [6, 6.07) is 0. The van der Waals surface area contributed by atoms with E-state index in [1.165, 1.54) is 7.11 Å². The van der Waals surface area contributed by atoms with Crippen molar-refractivity contribution < 1.29 is 54.1 Å². The fourth-order valence-corrected chi connectivity index (χ4v) is 5.72. The molecule has 2 heterocycles. The Kier molecular flexibility index (Phi) is 40.6. The number of hydrogen-bond donors (Lipinski definition) is 5. The number of ether oxygens (including phenoxy) is 4. The van der Waals surface area contributed by atoms with E-state index in [1.807, 2.05) is 102 Å². The molecule has 0 amide bonds. The summed E-state index contributed by atoms with van der Waals surface area (Å²) < 4.78 is 20.6. The van der Waals surface area contributed by atoms with Crippen LogP contribution >= 0.6 is 0 Å². The van der Waals surface area contributed by atoms with Gasteiger partial charge in [0, 0.05) is 39.1 Å². The average molecular weight is 755 g/mol. The summed E-state index contributed by atoms with van der Waals surface area (Å²) in [7, 11) is 3.89. The van der Waals surface area contributed by atoms with E-state index in [9.17, 15) is 24.9 Å². The second kappa shape index (κ2) is 35.3. The van der Waals surface area contributed by atoms with Gasteiger partial charge in [-0.15, -0.1) is 0 Å². The van der Waals surface area contributed by atoms with Crippen LogP contribution in [0.5, 0.6) is 0 Å². The van der Waals surface area contributed by atoms with E-state index in [0.29, 0.717) is 25.2 Å². The molecule has 11 heteroatoms. The highest BCUT2D eigenvalue weighted by Gasteiger charge is 2.37. The molecule has 2 aliphatic heterocycles. The van der Waals surface area contributed by atoms with Crippen molar-refractivity contribution >= 4 is 11.8 Å². The van der Waals surface area contributed by atoms with Gasteiger partial charge in [0.2, 0.25) is 0 Å². The van der Waals surface area contributed by atoms with E-state index in [4.69, 9.17) is 29.2 Å². The van der Waals surface area contributed by atoms with Gasteiger partial charge in [-0.05, 0) is 64.7 Å². The van der Waals surface area contributed by atoms with Gasteiger partial charge in [-0.25, -0.2) is 0 Å². The standard InChI is InChI=1S/C21H40O6.C7H14O2.C6H10O2.3C2H6.CH4O/c1-12(2)17(22)15(5)18(23)13(3)10-21(7,27-9)11-14(4)19(24)16(6)20(25)26-8;1-5-3-4-9-6(2)7(5)8;1-5-3-2-4-6(7)8-5;4*1-2/h12-17,19,22,24H,10-11H2,1-9H3;5-8H,3-4H2,1-2H3;2-3,5-7H,4H2,1H3;3*1-2H3;2H,1H3/t13-,14-,15?,16?,17+,19+,21-;5?,6?,7-;5-,6?;;;;/m111..../s1. The number of hydrogen-bond acceptors (Lipinski definition) is 11.